The summed E-state index contributed by atoms with van der Waals surface area (Å²) in [5.74, 6) is -0.207. The number of oxime groups is 1. The Hall–Kier alpha value is -3.20. The van der Waals surface area contributed by atoms with Gasteiger partial charge in [0.05, 0.1) is 29.6 Å². The highest BCUT2D eigenvalue weighted by atomic mass is 32.2. The molecule has 0 bridgehead atoms. The summed E-state index contributed by atoms with van der Waals surface area (Å²) in [6, 6.07) is 6.09. The number of hydrogen-bond acceptors (Lipinski definition) is 12. The van der Waals surface area contributed by atoms with Crippen LogP contribution < -0.4 is 15.4 Å². The molecule has 0 spiro atoms. The zero-order chi connectivity index (χ0) is 25.8. The number of fused-ring (bicyclic) bond motifs is 1. The molecule has 0 radical (unpaired) electrons. The van der Waals surface area contributed by atoms with Gasteiger partial charge < -0.3 is 19.6 Å². The van der Waals surface area contributed by atoms with Gasteiger partial charge in [0.2, 0.25) is 5.88 Å². The van der Waals surface area contributed by atoms with Crippen LogP contribution in [0.5, 0.6) is 5.88 Å². The third kappa shape index (κ3) is 6.04. The molecule has 2 aliphatic rings. The van der Waals surface area contributed by atoms with E-state index >= 15 is 0 Å². The minimum atomic E-state index is -3.35. The first-order valence-corrected chi connectivity index (χ1v) is 14.2. The number of nitrogens with zero attached hydrogens (tertiary/aromatic N) is 4. The maximum absolute atomic E-state index is 13.3. The molecule has 1 saturated heterocycles. The van der Waals surface area contributed by atoms with E-state index in [4.69, 9.17) is 14.3 Å². The number of benzene rings is 1. The summed E-state index contributed by atoms with van der Waals surface area (Å²) in [4.78, 5) is 32.5. The molecule has 2 aromatic heterocycles. The highest BCUT2D eigenvalue weighted by molar-refractivity contribution is 7.92. The Morgan fingerprint density at radius 1 is 1.22 bits per heavy atom. The van der Waals surface area contributed by atoms with Crippen molar-refractivity contribution in [1.29, 1.82) is 0 Å². The average molecular weight is 547 g/mol. The van der Waals surface area contributed by atoms with Gasteiger partial charge in [-0.1, -0.05) is 28.6 Å². The zero-order valence-corrected chi connectivity index (χ0v) is 21.7. The molecule has 1 amide bonds. The molecule has 5 rings (SSSR count). The first kappa shape index (κ1) is 25.4. The number of nitrogens with one attached hydrogen (secondary N) is 2. The van der Waals surface area contributed by atoms with Gasteiger partial charge in [0.15, 0.2) is 37.3 Å². The summed E-state index contributed by atoms with van der Waals surface area (Å²) in [6.07, 6.45) is 3.21. The van der Waals surface area contributed by atoms with Gasteiger partial charge in [-0.15, -0.1) is 0 Å². The fraction of sp³-hybridized carbons (Fsp3) is 0.435. The van der Waals surface area contributed by atoms with Crippen molar-refractivity contribution in [2.45, 2.75) is 35.5 Å². The summed E-state index contributed by atoms with van der Waals surface area (Å²) in [7, 11) is -1.53. The van der Waals surface area contributed by atoms with Crippen molar-refractivity contribution in [3.63, 3.8) is 0 Å². The molecule has 3 aromatic rings. The third-order valence-corrected chi connectivity index (χ3v) is 8.87. The molecule has 2 fully saturated rings. The van der Waals surface area contributed by atoms with E-state index in [0.29, 0.717) is 67.5 Å². The van der Waals surface area contributed by atoms with Crippen LogP contribution in [0.4, 0.5) is 5.13 Å². The number of anilines is 1. The monoisotopic (exact) mass is 546 g/mol. The van der Waals surface area contributed by atoms with E-state index in [9.17, 15) is 13.2 Å². The van der Waals surface area contributed by atoms with Crippen LogP contribution in [0.1, 0.15) is 24.8 Å². The van der Waals surface area contributed by atoms with Gasteiger partial charge in [-0.25, -0.2) is 13.4 Å². The van der Waals surface area contributed by atoms with Crippen LogP contribution in [0.2, 0.25) is 0 Å². The van der Waals surface area contributed by atoms with Crippen molar-refractivity contribution in [2.24, 2.45) is 5.16 Å². The Morgan fingerprint density at radius 3 is 2.73 bits per heavy atom. The van der Waals surface area contributed by atoms with Crippen molar-refractivity contribution in [3.05, 3.63) is 36.0 Å². The van der Waals surface area contributed by atoms with Crippen LogP contribution in [0, 0.1) is 0 Å². The normalized spacial score (nSPS) is 18.2. The molecule has 37 heavy (non-hydrogen) atoms. The number of sulfone groups is 1. The van der Waals surface area contributed by atoms with E-state index in [-0.39, 0.29) is 27.1 Å². The molecule has 1 saturated carbocycles. The molecule has 1 aliphatic heterocycles. The van der Waals surface area contributed by atoms with Crippen LogP contribution in [-0.4, -0.2) is 79.8 Å². The van der Waals surface area contributed by atoms with Crippen LogP contribution in [0.25, 0.3) is 10.5 Å². The summed E-state index contributed by atoms with van der Waals surface area (Å²) in [6.45, 7) is 2.03. The molecule has 2 N–H and O–H groups in total. The second-order valence-corrected chi connectivity index (χ2v) is 11.8. The minimum absolute atomic E-state index is 0.0152. The fourth-order valence-electron chi connectivity index (χ4n) is 3.57. The standard InChI is InChI=1S/C23H26N6O6S2/c1-24-9-11-34-18-12-25-20-22(26-18)36-23(27-20)28-21(30)19(29-35-15-8-10-33-13-15)14-2-4-16(5-3-14)37(31,32)17-6-7-17/h2-5,12,15,17,24H,6-11,13H2,1H3,(H,25,27,28,30)/b29-19+/t15-/m1/s1. The predicted octanol–water partition coefficient (Wildman–Crippen LogP) is 1.77. The smallest absolute Gasteiger partial charge is 0.280 e. The molecule has 1 aliphatic carbocycles. The number of ether oxygens (including phenoxy) is 2. The third-order valence-electron chi connectivity index (χ3n) is 5.74. The topological polar surface area (TPSA) is 154 Å². The number of amides is 1. The van der Waals surface area contributed by atoms with Gasteiger partial charge in [0, 0.05) is 18.5 Å². The van der Waals surface area contributed by atoms with E-state index in [0.717, 1.165) is 11.3 Å². The number of thiazole rings is 1. The molecule has 196 valence electrons. The second-order valence-electron chi connectivity index (χ2n) is 8.56. The summed E-state index contributed by atoms with van der Waals surface area (Å²) in [5, 5.41) is 9.78. The van der Waals surface area contributed by atoms with Crippen molar-refractivity contribution < 1.29 is 27.5 Å². The first-order chi connectivity index (χ1) is 17.9. The molecule has 3 heterocycles. The van der Waals surface area contributed by atoms with E-state index in [2.05, 4.69) is 30.7 Å². The molecule has 12 nitrogen and oxygen atoms in total. The number of likely N-dealkylation sites (N-methyl/N-ethyl adjacent to an activating group) is 1. The average Bonchev–Trinajstić information content (AvgIpc) is 3.50. The number of hydrogen-bond donors (Lipinski definition) is 2. The number of carbonyl (C=O) groups excluding carboxylic acids is 1. The van der Waals surface area contributed by atoms with Crippen molar-refractivity contribution in [2.75, 3.05) is 38.7 Å². The maximum atomic E-state index is 13.3. The van der Waals surface area contributed by atoms with Gasteiger partial charge in [-0.3, -0.25) is 10.1 Å². The minimum Gasteiger partial charge on any atom is -0.475 e. The lowest BCUT2D eigenvalue weighted by Gasteiger charge is -2.10. The SMILES string of the molecule is CNCCOc1cnc2nc(NC(=O)/C(=N/O[C@@H]3CCOC3)c3ccc(S(=O)(=O)C4CC4)cc3)sc2n1. The zero-order valence-electron chi connectivity index (χ0n) is 20.0. The van der Waals surface area contributed by atoms with E-state index in [1.165, 1.54) is 18.3 Å². The molecular weight excluding hydrogens is 520 g/mol. The molecule has 14 heteroatoms. The lowest BCUT2D eigenvalue weighted by atomic mass is 10.1. The highest BCUT2D eigenvalue weighted by Gasteiger charge is 2.36. The fourth-order valence-corrected chi connectivity index (χ4v) is 6.01. The van der Waals surface area contributed by atoms with Crippen molar-refractivity contribution in [1.82, 2.24) is 20.3 Å². The number of carbonyl (C=O) groups is 1. The van der Waals surface area contributed by atoms with Crippen LogP contribution in [0.3, 0.4) is 0 Å². The lowest BCUT2D eigenvalue weighted by Crippen LogP contribution is -2.25. The van der Waals surface area contributed by atoms with Gasteiger partial charge in [0.25, 0.3) is 5.91 Å². The predicted molar refractivity (Wildman–Crippen MR) is 137 cm³/mol. The van der Waals surface area contributed by atoms with Gasteiger partial charge >= 0.3 is 0 Å². The van der Waals surface area contributed by atoms with Gasteiger partial charge in [-0.2, -0.15) is 9.97 Å². The van der Waals surface area contributed by atoms with Gasteiger partial charge in [0.1, 0.15) is 6.61 Å². The summed E-state index contributed by atoms with van der Waals surface area (Å²) < 4.78 is 36.0. The van der Waals surface area contributed by atoms with Crippen LogP contribution in [0.15, 0.2) is 40.5 Å². The summed E-state index contributed by atoms with van der Waals surface area (Å²) >= 11 is 1.14. The number of aromatic nitrogens is 3. The Labute approximate surface area is 217 Å². The Morgan fingerprint density at radius 2 is 2.03 bits per heavy atom. The molecule has 1 atom stereocenters. The van der Waals surface area contributed by atoms with Crippen molar-refractivity contribution in [3.8, 4) is 5.88 Å². The van der Waals surface area contributed by atoms with E-state index < -0.39 is 15.7 Å². The second kappa shape index (κ2) is 11.0. The summed E-state index contributed by atoms with van der Waals surface area (Å²) in [5.41, 5.74) is 0.760. The van der Waals surface area contributed by atoms with Crippen LogP contribution in [-0.2, 0) is 24.2 Å². The Balaban J connectivity index is 1.36. The maximum Gasteiger partial charge on any atom is 0.280 e. The largest absolute Gasteiger partial charge is 0.475 e. The highest BCUT2D eigenvalue weighted by Crippen LogP contribution is 2.33. The van der Waals surface area contributed by atoms with Crippen molar-refractivity contribution >= 4 is 48.4 Å². The van der Waals surface area contributed by atoms with E-state index in [1.54, 1.807) is 12.1 Å². The first-order valence-electron chi connectivity index (χ1n) is 11.8. The lowest BCUT2D eigenvalue weighted by molar-refractivity contribution is -0.110. The Bertz CT molecular complexity index is 1400. The molecular formula is C23H26N6O6S2. The quantitative estimate of drug-likeness (QED) is 0.207. The molecule has 1 aromatic carbocycles. The number of rotatable bonds is 11. The van der Waals surface area contributed by atoms with Crippen LogP contribution >= 0.6 is 11.3 Å². The van der Waals surface area contributed by atoms with E-state index in [1.807, 2.05) is 7.05 Å². The Kier molecular flexibility index (Phi) is 7.60. The molecule has 0 unspecified atom stereocenters. The van der Waals surface area contributed by atoms with Gasteiger partial charge in [-0.05, 0) is 32.0 Å².